The van der Waals surface area contributed by atoms with Crippen molar-refractivity contribution < 1.29 is 62.2 Å². The van der Waals surface area contributed by atoms with Crippen LogP contribution in [0.3, 0.4) is 0 Å². The Labute approximate surface area is 407 Å². The number of benzene rings is 1. The number of aromatic hydroxyl groups is 1. The molecule has 4 aliphatic heterocycles. The summed E-state index contributed by atoms with van der Waals surface area (Å²) in [6, 6.07) is 0. The monoisotopic (exact) mass is 963 g/mol. The standard InChI is InChI=1S/C52H74N4O13/c1-15-64-26-24-55-20-22-56(23-21-55)53-27-37-42-45(60)40-39(44(37)59)41-49(33(9)43(40)58)69-52(13,50(41)61)65-25-19-38(63-14)32(8)47(68-36(12)57)35(11)48(67-29(4)5)34(10)46(66-28(2)3)30(6)17-16-18-31(7)51(62)54-42/h16-19,25,27-30,32,34-35,38,46-48,58H,15,20-24,26H2,1-14H3,(H,54,62)/b17-16+,25-19+,31-18-,53-27+/t30-,32+,34+,35-,38-,46-,47+,48+,52-/m0/s1. The number of allylic oxidation sites excluding steroid dienone is 4. The summed E-state index contributed by atoms with van der Waals surface area (Å²) in [7, 11) is 1.50. The van der Waals surface area contributed by atoms with Gasteiger partial charge in [0.25, 0.3) is 11.7 Å². The second-order valence-electron chi connectivity index (χ2n) is 19.1. The lowest BCUT2D eigenvalue weighted by Crippen LogP contribution is -2.49. The molecule has 5 bridgehead atoms. The van der Waals surface area contributed by atoms with E-state index in [1.165, 1.54) is 40.4 Å². The number of piperazine rings is 1. The van der Waals surface area contributed by atoms with Crippen molar-refractivity contribution >= 4 is 35.4 Å². The van der Waals surface area contributed by atoms with Crippen molar-refractivity contribution in [1.29, 1.82) is 0 Å². The fourth-order valence-corrected chi connectivity index (χ4v) is 9.49. The number of carbonyl (C=O) groups excluding carboxylic acids is 5. The maximum Gasteiger partial charge on any atom is 0.312 e. The van der Waals surface area contributed by atoms with Gasteiger partial charge in [-0.3, -0.25) is 33.9 Å². The molecule has 4 heterocycles. The number of nitrogens with one attached hydrogen (secondary N) is 1. The number of phenolic OH excluding ortho intramolecular Hbond substituents is 1. The molecule has 2 N–H and O–H groups in total. The quantitative estimate of drug-likeness (QED) is 0.130. The molecule has 0 aromatic heterocycles. The molecule has 380 valence electrons. The molecule has 1 amide bonds. The van der Waals surface area contributed by atoms with Crippen LogP contribution in [0.5, 0.6) is 11.5 Å². The van der Waals surface area contributed by atoms with Gasteiger partial charge in [0.2, 0.25) is 5.78 Å². The van der Waals surface area contributed by atoms with E-state index in [1.54, 1.807) is 30.2 Å². The van der Waals surface area contributed by atoms with Gasteiger partial charge in [0.15, 0.2) is 5.78 Å². The predicted octanol–water partition coefficient (Wildman–Crippen LogP) is 6.51. The molecule has 0 saturated carbocycles. The number of fused-ring (bicyclic) bond motifs is 14. The van der Waals surface area contributed by atoms with E-state index in [9.17, 15) is 29.1 Å². The molecule has 0 unspecified atom stereocenters. The maximum absolute atomic E-state index is 14.9. The summed E-state index contributed by atoms with van der Waals surface area (Å²) in [6.07, 6.45) is 6.52. The van der Waals surface area contributed by atoms with Gasteiger partial charge in [0.1, 0.15) is 23.3 Å². The van der Waals surface area contributed by atoms with Crippen LogP contribution >= 0.6 is 0 Å². The highest BCUT2D eigenvalue weighted by Gasteiger charge is 2.53. The lowest BCUT2D eigenvalue weighted by Gasteiger charge is -2.42. The Bertz CT molecular complexity index is 2240. The molecular formula is C52H74N4O13. The van der Waals surface area contributed by atoms with Gasteiger partial charge in [-0.2, -0.15) is 5.10 Å². The highest BCUT2D eigenvalue weighted by atomic mass is 16.7. The molecule has 6 rings (SSSR count). The zero-order chi connectivity index (χ0) is 51.1. The molecule has 17 heteroatoms. The first kappa shape index (κ1) is 54.7. The topological polar surface area (TPSA) is 201 Å². The molecule has 1 aliphatic carbocycles. The molecule has 1 aromatic carbocycles. The van der Waals surface area contributed by atoms with Crippen molar-refractivity contribution in [3.63, 3.8) is 0 Å². The third kappa shape index (κ3) is 12.4. The molecule has 1 fully saturated rings. The number of ether oxygens (including phenoxy) is 7. The largest absolute Gasteiger partial charge is 0.507 e. The van der Waals surface area contributed by atoms with Crippen LogP contribution < -0.4 is 10.1 Å². The van der Waals surface area contributed by atoms with E-state index in [2.05, 4.69) is 15.3 Å². The number of amides is 1. The minimum atomic E-state index is -2.08. The number of Topliss-reactive ketones (excluding diaryl/α,β-unsaturated/α-hetero) is 3. The first-order chi connectivity index (χ1) is 32.6. The van der Waals surface area contributed by atoms with Crippen molar-refractivity contribution in [2.24, 2.45) is 28.8 Å². The SMILES string of the molecule is CCOCCN1CCN(/N=C/C2=C3NC(=O)/C(C)=C\C=C\[C@H](C)[C@H](OC(C)C)[C@@H](C)[C@@H](OC(C)C)[C@@H](C)[C@H](OC(C)=O)[C@H](C)[C@@H](OC)/C=C/O[C@@]4(C)Oc5c(C)c(O)c(c(c5C4=O)C2=O)C3=O)CC1. The molecule has 0 spiro atoms. The van der Waals surface area contributed by atoms with Crippen molar-refractivity contribution in [2.45, 2.75) is 132 Å². The van der Waals surface area contributed by atoms with Crippen LogP contribution in [0.1, 0.15) is 120 Å². The third-order valence-corrected chi connectivity index (χ3v) is 13.2. The van der Waals surface area contributed by atoms with E-state index in [-0.39, 0.29) is 52.1 Å². The lowest BCUT2D eigenvalue weighted by atomic mass is 9.78. The molecular weight excluding hydrogens is 889 g/mol. The summed E-state index contributed by atoms with van der Waals surface area (Å²) in [6.45, 7) is 27.7. The van der Waals surface area contributed by atoms with Gasteiger partial charge < -0.3 is 43.6 Å². The number of hydrogen-bond donors (Lipinski definition) is 2. The molecule has 9 atom stereocenters. The van der Waals surface area contributed by atoms with E-state index < -0.39 is 93.8 Å². The van der Waals surface area contributed by atoms with E-state index in [0.29, 0.717) is 39.4 Å². The van der Waals surface area contributed by atoms with Crippen molar-refractivity contribution in [3.05, 3.63) is 69.7 Å². The molecule has 1 saturated heterocycles. The molecule has 17 nitrogen and oxygen atoms in total. The number of ketones is 3. The number of methoxy groups -OCH3 is 1. The summed E-state index contributed by atoms with van der Waals surface area (Å²) in [5.74, 6) is -7.94. The average molecular weight is 963 g/mol. The fourth-order valence-electron chi connectivity index (χ4n) is 9.49. The number of hydrogen-bond acceptors (Lipinski definition) is 16. The van der Waals surface area contributed by atoms with Gasteiger partial charge in [-0.15, -0.1) is 0 Å². The average Bonchev–Trinajstić information content (AvgIpc) is 3.56. The summed E-state index contributed by atoms with van der Waals surface area (Å²) in [5.41, 5.74) is -1.61. The van der Waals surface area contributed by atoms with Crippen LogP contribution in [0.4, 0.5) is 0 Å². The minimum Gasteiger partial charge on any atom is -0.507 e. The van der Waals surface area contributed by atoms with Gasteiger partial charge in [0, 0.05) is 95.1 Å². The molecule has 5 aliphatic rings. The molecule has 69 heavy (non-hydrogen) atoms. The van der Waals surface area contributed by atoms with E-state index >= 15 is 0 Å². The Balaban J connectivity index is 1.66. The van der Waals surface area contributed by atoms with Gasteiger partial charge in [-0.05, 0) is 54.5 Å². The van der Waals surface area contributed by atoms with Gasteiger partial charge >= 0.3 is 11.8 Å². The number of carbonyl (C=O) groups is 5. The Morgan fingerprint density at radius 3 is 2.16 bits per heavy atom. The minimum absolute atomic E-state index is 0.00848. The predicted molar refractivity (Wildman–Crippen MR) is 259 cm³/mol. The number of phenols is 1. The van der Waals surface area contributed by atoms with Crippen LogP contribution in [0, 0.1) is 30.6 Å². The Morgan fingerprint density at radius 2 is 1.55 bits per heavy atom. The summed E-state index contributed by atoms with van der Waals surface area (Å²) in [5, 5.41) is 20.7. The summed E-state index contributed by atoms with van der Waals surface area (Å²) >= 11 is 0. The third-order valence-electron chi connectivity index (χ3n) is 13.2. The molecule has 1 aromatic rings. The Kier molecular flexibility index (Phi) is 18.7. The lowest BCUT2D eigenvalue weighted by molar-refractivity contribution is -0.170. The van der Waals surface area contributed by atoms with Gasteiger partial charge in [-0.1, -0.05) is 45.9 Å². The first-order valence-electron chi connectivity index (χ1n) is 24.1. The van der Waals surface area contributed by atoms with Crippen LogP contribution in [0.2, 0.25) is 0 Å². The first-order valence-corrected chi connectivity index (χ1v) is 24.1. The van der Waals surface area contributed by atoms with Gasteiger partial charge in [-0.25, -0.2) is 0 Å². The Morgan fingerprint density at radius 1 is 0.913 bits per heavy atom. The number of esters is 1. The van der Waals surface area contributed by atoms with Crippen molar-refractivity contribution in [2.75, 3.05) is 53.0 Å². The van der Waals surface area contributed by atoms with Crippen LogP contribution in [-0.2, 0) is 38.0 Å². The van der Waals surface area contributed by atoms with E-state index in [4.69, 9.17) is 33.2 Å². The highest BCUT2D eigenvalue weighted by Crippen LogP contribution is 2.48. The van der Waals surface area contributed by atoms with Crippen LogP contribution in [-0.4, -0.2) is 146 Å². The van der Waals surface area contributed by atoms with E-state index in [0.717, 1.165) is 6.54 Å². The second-order valence-corrected chi connectivity index (χ2v) is 19.1. The zero-order valence-electron chi connectivity index (χ0n) is 42.9. The Hall–Kier alpha value is -5.20. The maximum atomic E-state index is 14.9. The normalized spacial score (nSPS) is 30.4. The van der Waals surface area contributed by atoms with Gasteiger partial charge in [0.05, 0.1) is 71.9 Å². The number of rotatable bonds is 12. The summed E-state index contributed by atoms with van der Waals surface area (Å²) < 4.78 is 43.1. The smallest absolute Gasteiger partial charge is 0.312 e. The van der Waals surface area contributed by atoms with Crippen LogP contribution in [0.15, 0.2) is 52.5 Å². The number of hydrazone groups is 1. The fraction of sp³-hybridized carbons (Fsp3) is 0.615. The van der Waals surface area contributed by atoms with Crippen molar-refractivity contribution in [1.82, 2.24) is 15.2 Å². The zero-order valence-corrected chi connectivity index (χ0v) is 42.9. The second kappa shape index (κ2) is 23.6. The van der Waals surface area contributed by atoms with Crippen molar-refractivity contribution in [3.8, 4) is 11.5 Å². The highest BCUT2D eigenvalue weighted by molar-refractivity contribution is 6.37. The summed E-state index contributed by atoms with van der Waals surface area (Å²) in [4.78, 5) is 73.4. The molecule has 0 radical (unpaired) electrons. The number of nitrogens with zero attached hydrogens (tertiary/aromatic N) is 3. The van der Waals surface area contributed by atoms with E-state index in [1.807, 2.05) is 68.4 Å². The van der Waals surface area contributed by atoms with Crippen LogP contribution in [0.25, 0.3) is 0 Å².